The molecular formula is C22H25N3O2S. The summed E-state index contributed by atoms with van der Waals surface area (Å²) in [4.78, 5) is 0. The Bertz CT molecular complexity index is 1050. The number of benzene rings is 2. The summed E-state index contributed by atoms with van der Waals surface area (Å²) in [5.74, 6) is 1.22. The van der Waals surface area contributed by atoms with E-state index in [2.05, 4.69) is 29.2 Å². The van der Waals surface area contributed by atoms with E-state index < -0.39 is 11.0 Å². The molecule has 1 aromatic heterocycles. The number of fused-ring (bicyclic) bond motifs is 1. The number of rotatable bonds is 7. The summed E-state index contributed by atoms with van der Waals surface area (Å²) in [6, 6.07) is 16.0. The lowest BCUT2D eigenvalue weighted by atomic mass is 10.1. The standard InChI is InChI=1S/C22H25N3O2S/c1-5-27-18-10-11-19-20(13-23)22(25(14-15(2)3)21(19)12-18)16-6-8-17(9-7-16)24-28(4)26/h6-12,15,24H,5,14H2,1-4H3. The maximum atomic E-state index is 11.4. The quantitative estimate of drug-likeness (QED) is 0.616. The summed E-state index contributed by atoms with van der Waals surface area (Å²) in [6.45, 7) is 7.68. The third-order valence-corrected chi connectivity index (χ3v) is 4.95. The van der Waals surface area contributed by atoms with Crippen molar-refractivity contribution >= 4 is 27.6 Å². The van der Waals surface area contributed by atoms with Crippen LogP contribution < -0.4 is 9.46 Å². The predicted octanol–water partition coefficient (Wildman–Crippen LogP) is 4.94. The van der Waals surface area contributed by atoms with Crippen LogP contribution in [0.1, 0.15) is 26.3 Å². The number of anilines is 1. The molecule has 0 aliphatic heterocycles. The fourth-order valence-corrected chi connectivity index (χ4v) is 3.88. The van der Waals surface area contributed by atoms with Crippen molar-refractivity contribution in [3.63, 3.8) is 0 Å². The van der Waals surface area contributed by atoms with Crippen LogP contribution in [-0.4, -0.2) is 21.6 Å². The van der Waals surface area contributed by atoms with Gasteiger partial charge in [-0.3, -0.25) is 0 Å². The number of hydrogen-bond donors (Lipinski definition) is 1. The van der Waals surface area contributed by atoms with Gasteiger partial charge in [-0.15, -0.1) is 0 Å². The lowest BCUT2D eigenvalue weighted by Crippen LogP contribution is -2.06. The highest BCUT2D eigenvalue weighted by Gasteiger charge is 2.20. The Morgan fingerprint density at radius 3 is 2.50 bits per heavy atom. The second-order valence-corrected chi connectivity index (χ2v) is 8.20. The molecular weight excluding hydrogens is 370 g/mol. The van der Waals surface area contributed by atoms with E-state index >= 15 is 0 Å². The fourth-order valence-electron chi connectivity index (χ4n) is 3.42. The molecule has 6 heteroatoms. The van der Waals surface area contributed by atoms with Gasteiger partial charge in [-0.05, 0) is 42.7 Å². The zero-order valence-corrected chi connectivity index (χ0v) is 17.5. The molecule has 0 radical (unpaired) electrons. The molecule has 0 saturated carbocycles. The molecule has 0 fully saturated rings. The lowest BCUT2D eigenvalue weighted by molar-refractivity contribution is 0.340. The Morgan fingerprint density at radius 1 is 1.21 bits per heavy atom. The van der Waals surface area contributed by atoms with Crippen molar-refractivity contribution in [2.75, 3.05) is 17.6 Å². The van der Waals surface area contributed by atoms with Gasteiger partial charge in [-0.1, -0.05) is 26.0 Å². The van der Waals surface area contributed by atoms with Gasteiger partial charge in [0.1, 0.15) is 22.8 Å². The highest BCUT2D eigenvalue weighted by molar-refractivity contribution is 7.85. The van der Waals surface area contributed by atoms with Gasteiger partial charge >= 0.3 is 0 Å². The molecule has 0 aliphatic rings. The molecule has 2 aromatic carbocycles. The Morgan fingerprint density at radius 2 is 1.93 bits per heavy atom. The Hall–Kier alpha value is -2.78. The smallest absolute Gasteiger partial charge is 0.121 e. The predicted molar refractivity (Wildman–Crippen MR) is 116 cm³/mol. The van der Waals surface area contributed by atoms with Crippen LogP contribution in [0, 0.1) is 17.2 Å². The summed E-state index contributed by atoms with van der Waals surface area (Å²) < 4.78 is 22.2. The summed E-state index contributed by atoms with van der Waals surface area (Å²) in [5.41, 5.74) is 4.32. The molecule has 3 aromatic rings. The number of nitriles is 1. The van der Waals surface area contributed by atoms with Crippen LogP contribution >= 0.6 is 0 Å². The monoisotopic (exact) mass is 395 g/mol. The molecule has 28 heavy (non-hydrogen) atoms. The van der Waals surface area contributed by atoms with Gasteiger partial charge in [0.25, 0.3) is 0 Å². The first-order valence-electron chi connectivity index (χ1n) is 9.34. The fraction of sp³-hybridized carbons (Fsp3) is 0.318. The zero-order chi connectivity index (χ0) is 20.3. The van der Waals surface area contributed by atoms with Crippen LogP contribution in [0.3, 0.4) is 0 Å². The van der Waals surface area contributed by atoms with E-state index in [9.17, 15) is 9.47 Å². The second kappa shape index (κ2) is 8.49. The van der Waals surface area contributed by atoms with Gasteiger partial charge in [-0.2, -0.15) is 5.26 Å². The molecule has 1 atom stereocenters. The Balaban J connectivity index is 2.22. The van der Waals surface area contributed by atoms with E-state index in [1.54, 1.807) is 6.26 Å². The molecule has 0 amide bonds. The topological polar surface area (TPSA) is 67.0 Å². The van der Waals surface area contributed by atoms with E-state index in [0.29, 0.717) is 18.1 Å². The van der Waals surface area contributed by atoms with Crippen molar-refractivity contribution in [2.24, 2.45) is 5.92 Å². The second-order valence-electron chi connectivity index (χ2n) is 7.09. The van der Waals surface area contributed by atoms with E-state index in [0.717, 1.165) is 40.1 Å². The Kier molecular flexibility index (Phi) is 6.05. The average molecular weight is 396 g/mol. The van der Waals surface area contributed by atoms with E-state index in [1.807, 2.05) is 49.4 Å². The van der Waals surface area contributed by atoms with E-state index in [4.69, 9.17) is 4.74 Å². The average Bonchev–Trinajstić information content (AvgIpc) is 2.94. The third kappa shape index (κ3) is 4.05. The lowest BCUT2D eigenvalue weighted by Gasteiger charge is -2.14. The van der Waals surface area contributed by atoms with Crippen molar-refractivity contribution in [3.8, 4) is 23.1 Å². The van der Waals surface area contributed by atoms with Gasteiger partial charge < -0.3 is 14.0 Å². The van der Waals surface area contributed by atoms with Crippen LogP contribution in [0.5, 0.6) is 5.75 Å². The summed E-state index contributed by atoms with van der Waals surface area (Å²) >= 11 is 0. The Labute approximate surface area is 168 Å². The van der Waals surface area contributed by atoms with Gasteiger partial charge in [0.2, 0.25) is 0 Å². The van der Waals surface area contributed by atoms with Crippen molar-refractivity contribution in [2.45, 2.75) is 27.3 Å². The van der Waals surface area contributed by atoms with Crippen LogP contribution in [-0.2, 0) is 17.5 Å². The van der Waals surface area contributed by atoms with Crippen molar-refractivity contribution < 1.29 is 8.95 Å². The number of hydrogen-bond acceptors (Lipinski definition) is 3. The maximum absolute atomic E-state index is 11.4. The number of ether oxygens (including phenoxy) is 1. The molecule has 0 saturated heterocycles. The minimum Gasteiger partial charge on any atom is -0.494 e. The van der Waals surface area contributed by atoms with Gasteiger partial charge in [0.05, 0.1) is 23.4 Å². The maximum Gasteiger partial charge on any atom is 0.121 e. The summed E-state index contributed by atoms with van der Waals surface area (Å²) in [5, 5.41) is 10.9. The first kappa shape index (κ1) is 20.0. The molecule has 1 heterocycles. The van der Waals surface area contributed by atoms with Gasteiger partial charge in [0.15, 0.2) is 0 Å². The van der Waals surface area contributed by atoms with Crippen molar-refractivity contribution in [1.82, 2.24) is 4.57 Å². The highest BCUT2D eigenvalue weighted by atomic mass is 32.2. The van der Waals surface area contributed by atoms with Gasteiger partial charge in [-0.25, -0.2) is 4.21 Å². The van der Waals surface area contributed by atoms with Crippen molar-refractivity contribution in [3.05, 3.63) is 48.0 Å². The zero-order valence-electron chi connectivity index (χ0n) is 16.7. The minimum absolute atomic E-state index is 0.417. The molecule has 5 nitrogen and oxygen atoms in total. The highest BCUT2D eigenvalue weighted by Crippen LogP contribution is 2.36. The van der Waals surface area contributed by atoms with Crippen LogP contribution in [0.2, 0.25) is 0 Å². The SMILES string of the molecule is CCOc1ccc2c(C#N)c(-c3ccc(NS(C)=O)cc3)n(CC(C)C)c2c1. The molecule has 0 bridgehead atoms. The van der Waals surface area contributed by atoms with Crippen LogP contribution in [0.15, 0.2) is 42.5 Å². The van der Waals surface area contributed by atoms with E-state index in [1.165, 1.54) is 0 Å². The first-order valence-corrected chi connectivity index (χ1v) is 10.9. The number of aromatic nitrogens is 1. The number of nitrogens with one attached hydrogen (secondary N) is 1. The normalized spacial score (nSPS) is 12.1. The molecule has 1 unspecified atom stereocenters. The van der Waals surface area contributed by atoms with Crippen LogP contribution in [0.25, 0.3) is 22.2 Å². The molecule has 3 rings (SSSR count). The molecule has 1 N–H and O–H groups in total. The number of nitrogens with zero attached hydrogens (tertiary/aromatic N) is 2. The minimum atomic E-state index is -1.12. The van der Waals surface area contributed by atoms with Crippen molar-refractivity contribution in [1.29, 1.82) is 5.26 Å². The third-order valence-electron chi connectivity index (χ3n) is 4.43. The first-order chi connectivity index (χ1) is 13.4. The summed E-state index contributed by atoms with van der Waals surface area (Å²) in [7, 11) is -1.12. The summed E-state index contributed by atoms with van der Waals surface area (Å²) in [6.07, 6.45) is 1.60. The molecule has 0 spiro atoms. The van der Waals surface area contributed by atoms with E-state index in [-0.39, 0.29) is 0 Å². The molecule has 0 aliphatic carbocycles. The van der Waals surface area contributed by atoms with Gasteiger partial charge in [0, 0.05) is 29.9 Å². The molecule has 146 valence electrons. The largest absolute Gasteiger partial charge is 0.494 e. The van der Waals surface area contributed by atoms with Crippen LogP contribution in [0.4, 0.5) is 5.69 Å².